The summed E-state index contributed by atoms with van der Waals surface area (Å²) in [7, 11) is 3.21. The van der Waals surface area contributed by atoms with Crippen molar-refractivity contribution in [2.24, 2.45) is 0 Å². The van der Waals surface area contributed by atoms with Gasteiger partial charge >= 0.3 is 5.97 Å². The van der Waals surface area contributed by atoms with Crippen LogP contribution < -0.4 is 14.2 Å². The number of rotatable bonds is 3. The minimum atomic E-state index is -0.351. The van der Waals surface area contributed by atoms with Crippen molar-refractivity contribution >= 4 is 16.7 Å². The molecule has 0 aliphatic carbocycles. The largest absolute Gasteiger partial charge is 0.496 e. The smallest absolute Gasteiger partial charge is 0.308 e. The number of carbonyl (C=O) groups excluding carboxylic acids is 1. The molecule has 0 heterocycles. The molecule has 0 unspecified atom stereocenters. The molecule has 4 nitrogen and oxygen atoms in total. The molecule has 0 spiro atoms. The maximum atomic E-state index is 10.9. The van der Waals surface area contributed by atoms with Crippen molar-refractivity contribution in [1.29, 1.82) is 0 Å². The normalized spacial score (nSPS) is 10.2. The number of hydrogen-bond acceptors (Lipinski definition) is 4. The molecule has 0 bridgehead atoms. The van der Waals surface area contributed by atoms with Crippen LogP contribution in [-0.2, 0) is 4.79 Å². The third kappa shape index (κ3) is 2.22. The first-order valence-electron chi connectivity index (χ1n) is 5.49. The third-order valence-corrected chi connectivity index (χ3v) is 2.61. The van der Waals surface area contributed by atoms with Gasteiger partial charge in [-0.25, -0.2) is 0 Å². The first-order valence-corrected chi connectivity index (χ1v) is 5.49. The van der Waals surface area contributed by atoms with E-state index in [0.717, 1.165) is 16.5 Å². The molecule has 0 aliphatic heterocycles. The van der Waals surface area contributed by atoms with Crippen LogP contribution in [0.4, 0.5) is 0 Å². The molecule has 2 aromatic carbocycles. The highest BCUT2D eigenvalue weighted by molar-refractivity contribution is 5.94. The molecule has 18 heavy (non-hydrogen) atoms. The minimum Gasteiger partial charge on any atom is -0.496 e. The Hall–Kier alpha value is -2.23. The molecule has 0 aliphatic rings. The zero-order valence-electron chi connectivity index (χ0n) is 10.5. The fourth-order valence-electron chi connectivity index (χ4n) is 1.86. The Morgan fingerprint density at radius 1 is 0.944 bits per heavy atom. The fourth-order valence-corrected chi connectivity index (χ4v) is 1.86. The van der Waals surface area contributed by atoms with Crippen LogP contribution in [0.5, 0.6) is 17.2 Å². The number of fused-ring (bicyclic) bond motifs is 1. The van der Waals surface area contributed by atoms with E-state index >= 15 is 0 Å². The Kier molecular flexibility index (Phi) is 3.37. The lowest BCUT2D eigenvalue weighted by atomic mass is 10.1. The topological polar surface area (TPSA) is 44.8 Å². The lowest BCUT2D eigenvalue weighted by Gasteiger charge is -2.10. The van der Waals surface area contributed by atoms with Gasteiger partial charge in [-0.15, -0.1) is 0 Å². The van der Waals surface area contributed by atoms with Gasteiger partial charge in [0.2, 0.25) is 0 Å². The Bertz CT molecular complexity index is 590. The maximum Gasteiger partial charge on any atom is 0.308 e. The van der Waals surface area contributed by atoms with Crippen molar-refractivity contribution in [2.45, 2.75) is 6.92 Å². The fraction of sp³-hybridized carbons (Fsp3) is 0.214. The molecule has 0 fully saturated rings. The predicted octanol–water partition coefficient (Wildman–Crippen LogP) is 2.78. The van der Waals surface area contributed by atoms with Crippen LogP contribution in [0.2, 0.25) is 0 Å². The van der Waals surface area contributed by atoms with Gasteiger partial charge in [0, 0.05) is 17.7 Å². The summed E-state index contributed by atoms with van der Waals surface area (Å²) in [5.74, 6) is 1.60. The predicted molar refractivity (Wildman–Crippen MR) is 68.4 cm³/mol. The van der Waals surface area contributed by atoms with Gasteiger partial charge in [0.1, 0.15) is 17.2 Å². The first kappa shape index (κ1) is 12.2. The summed E-state index contributed by atoms with van der Waals surface area (Å²) in [6, 6.07) is 8.99. The molecule has 94 valence electrons. The van der Waals surface area contributed by atoms with Crippen molar-refractivity contribution < 1.29 is 19.0 Å². The lowest BCUT2D eigenvalue weighted by Crippen LogP contribution is -2.01. The summed E-state index contributed by atoms with van der Waals surface area (Å²) in [5.41, 5.74) is 0. The molecule has 0 atom stereocenters. The molecular weight excluding hydrogens is 232 g/mol. The van der Waals surface area contributed by atoms with Crippen LogP contribution >= 0.6 is 0 Å². The number of esters is 1. The number of benzene rings is 2. The molecule has 4 heteroatoms. The summed E-state index contributed by atoms with van der Waals surface area (Å²) >= 11 is 0. The van der Waals surface area contributed by atoms with Crippen molar-refractivity contribution in [2.75, 3.05) is 14.2 Å². The van der Waals surface area contributed by atoms with E-state index < -0.39 is 0 Å². The van der Waals surface area contributed by atoms with E-state index in [1.807, 2.05) is 18.2 Å². The average Bonchev–Trinajstić information content (AvgIpc) is 2.36. The van der Waals surface area contributed by atoms with Crippen LogP contribution in [0.1, 0.15) is 6.92 Å². The van der Waals surface area contributed by atoms with Crippen LogP contribution in [0.25, 0.3) is 10.8 Å². The second-order valence-electron chi connectivity index (χ2n) is 3.77. The van der Waals surface area contributed by atoms with Crippen molar-refractivity contribution in [3.63, 3.8) is 0 Å². The van der Waals surface area contributed by atoms with Crippen molar-refractivity contribution in [1.82, 2.24) is 0 Å². The van der Waals surface area contributed by atoms with Gasteiger partial charge in [-0.05, 0) is 30.3 Å². The van der Waals surface area contributed by atoms with Crippen LogP contribution in [-0.4, -0.2) is 20.2 Å². The third-order valence-electron chi connectivity index (χ3n) is 2.61. The van der Waals surface area contributed by atoms with E-state index in [0.29, 0.717) is 11.5 Å². The molecule has 2 rings (SSSR count). The highest BCUT2D eigenvalue weighted by Gasteiger charge is 2.09. The molecule has 0 saturated carbocycles. The van der Waals surface area contributed by atoms with Gasteiger partial charge < -0.3 is 14.2 Å². The van der Waals surface area contributed by atoms with E-state index in [1.54, 1.807) is 26.4 Å². The van der Waals surface area contributed by atoms with Gasteiger partial charge in [-0.1, -0.05) is 0 Å². The van der Waals surface area contributed by atoms with E-state index in [-0.39, 0.29) is 5.97 Å². The van der Waals surface area contributed by atoms with Crippen LogP contribution in [0.3, 0.4) is 0 Å². The zero-order valence-corrected chi connectivity index (χ0v) is 10.5. The van der Waals surface area contributed by atoms with Crippen LogP contribution in [0.15, 0.2) is 30.3 Å². The van der Waals surface area contributed by atoms with E-state index in [4.69, 9.17) is 14.2 Å². The first-order chi connectivity index (χ1) is 8.65. The maximum absolute atomic E-state index is 10.9. The average molecular weight is 246 g/mol. The molecule has 0 saturated heterocycles. The summed E-state index contributed by atoms with van der Waals surface area (Å²) in [5, 5.41) is 1.75. The minimum absolute atomic E-state index is 0.351. The monoisotopic (exact) mass is 246 g/mol. The Balaban J connectivity index is 2.62. The number of carbonyl (C=O) groups is 1. The molecule has 0 amide bonds. The molecule has 0 N–H and O–H groups in total. The van der Waals surface area contributed by atoms with Gasteiger partial charge in [-0.2, -0.15) is 0 Å². The van der Waals surface area contributed by atoms with E-state index in [2.05, 4.69) is 0 Å². The number of methoxy groups -OCH3 is 2. The SMILES string of the molecule is COc1ccc(OC)c2cc(OC(C)=O)ccc12. The highest BCUT2D eigenvalue weighted by atomic mass is 16.5. The van der Waals surface area contributed by atoms with Crippen molar-refractivity contribution in [3.05, 3.63) is 30.3 Å². The Morgan fingerprint density at radius 3 is 2.11 bits per heavy atom. The second kappa shape index (κ2) is 4.96. The summed E-state index contributed by atoms with van der Waals surface area (Å²) in [4.78, 5) is 10.9. The lowest BCUT2D eigenvalue weighted by molar-refractivity contribution is -0.131. The number of hydrogen-bond donors (Lipinski definition) is 0. The van der Waals surface area contributed by atoms with Gasteiger partial charge in [0.15, 0.2) is 0 Å². The molecule has 2 aromatic rings. The van der Waals surface area contributed by atoms with Gasteiger partial charge in [-0.3, -0.25) is 4.79 Å². The van der Waals surface area contributed by atoms with Gasteiger partial charge in [0.05, 0.1) is 14.2 Å². The van der Waals surface area contributed by atoms with E-state index in [1.165, 1.54) is 6.92 Å². The van der Waals surface area contributed by atoms with E-state index in [9.17, 15) is 4.79 Å². The second-order valence-corrected chi connectivity index (χ2v) is 3.77. The standard InChI is InChI=1S/C14H14O4/c1-9(15)18-10-4-5-11-12(8-10)14(17-3)7-6-13(11)16-2/h4-8H,1-3H3. The van der Waals surface area contributed by atoms with Crippen molar-refractivity contribution in [3.8, 4) is 17.2 Å². The summed E-state index contributed by atoms with van der Waals surface area (Å²) < 4.78 is 15.6. The Labute approximate surface area is 105 Å². The highest BCUT2D eigenvalue weighted by Crippen LogP contribution is 2.35. The Morgan fingerprint density at radius 2 is 1.56 bits per heavy atom. The molecule has 0 radical (unpaired) electrons. The number of ether oxygens (including phenoxy) is 3. The quantitative estimate of drug-likeness (QED) is 0.617. The summed E-state index contributed by atoms with van der Waals surface area (Å²) in [6.45, 7) is 1.37. The van der Waals surface area contributed by atoms with Gasteiger partial charge in [0.25, 0.3) is 0 Å². The molecule has 0 aromatic heterocycles. The summed E-state index contributed by atoms with van der Waals surface area (Å²) in [6.07, 6.45) is 0. The van der Waals surface area contributed by atoms with Crippen LogP contribution in [0, 0.1) is 0 Å². The molecular formula is C14H14O4. The zero-order chi connectivity index (χ0) is 13.1.